The van der Waals surface area contributed by atoms with Gasteiger partial charge in [-0.05, 0) is 51.4 Å². The third kappa shape index (κ3) is 36.3. The van der Waals surface area contributed by atoms with Gasteiger partial charge in [0, 0.05) is 13.0 Å². The highest BCUT2D eigenvalue weighted by atomic mass is 31.2. The van der Waals surface area contributed by atoms with E-state index in [2.05, 4.69) is 50.3 Å². The van der Waals surface area contributed by atoms with Crippen molar-refractivity contribution in [2.45, 2.75) is 174 Å². The number of carbonyl (C=O) groups excluding carboxylic acids is 1. The van der Waals surface area contributed by atoms with Crippen LogP contribution in [0, 0.1) is 0 Å². The summed E-state index contributed by atoms with van der Waals surface area (Å²) in [4.78, 5) is 22.4. The maximum Gasteiger partial charge on any atom is 0.472 e. The molecular formula is C39H73O9P. The number of allylic oxidation sites excluding steroid dienone is 6. The van der Waals surface area contributed by atoms with Gasteiger partial charge < -0.3 is 24.6 Å². The van der Waals surface area contributed by atoms with Crippen LogP contribution in [0.15, 0.2) is 36.5 Å². The summed E-state index contributed by atoms with van der Waals surface area (Å²) in [6.45, 7) is 3.42. The molecule has 0 heterocycles. The summed E-state index contributed by atoms with van der Waals surface area (Å²) < 4.78 is 33.1. The van der Waals surface area contributed by atoms with E-state index >= 15 is 0 Å². The molecule has 0 aliphatic rings. The Morgan fingerprint density at radius 3 is 1.69 bits per heavy atom. The summed E-state index contributed by atoms with van der Waals surface area (Å²) in [7, 11) is -4.51. The molecule has 0 bridgehead atoms. The number of esters is 1. The van der Waals surface area contributed by atoms with Gasteiger partial charge in [-0.2, -0.15) is 0 Å². The standard InChI is InChI=1S/C39H73O9P/c1-3-5-7-9-11-13-14-15-16-17-18-19-20-21-22-23-24-26-28-30-32-45-35-38(36-47-49(43,44)46-34-37(41)33-40)48-39(42)31-29-27-25-12-10-8-6-4-2/h11,13,15-16,18-19,37-38,40-41H,3-10,12,14,17,20-36H2,1-2H3,(H,43,44)/b13-11-,16-15-,19-18-. The van der Waals surface area contributed by atoms with Crippen molar-refractivity contribution in [3.63, 3.8) is 0 Å². The normalized spacial score (nSPS) is 14.6. The molecule has 49 heavy (non-hydrogen) atoms. The fourth-order valence-electron chi connectivity index (χ4n) is 5.07. The molecule has 288 valence electrons. The second-order valence-electron chi connectivity index (χ2n) is 13.0. The lowest BCUT2D eigenvalue weighted by atomic mass is 10.1. The van der Waals surface area contributed by atoms with Crippen molar-refractivity contribution in [3.05, 3.63) is 36.5 Å². The predicted octanol–water partition coefficient (Wildman–Crippen LogP) is 10.1. The first-order valence-electron chi connectivity index (χ1n) is 19.5. The molecule has 0 aliphatic heterocycles. The number of unbranched alkanes of at least 4 members (excludes halogenated alkanes) is 17. The Morgan fingerprint density at radius 2 is 1.10 bits per heavy atom. The Morgan fingerprint density at radius 1 is 0.633 bits per heavy atom. The summed E-state index contributed by atoms with van der Waals surface area (Å²) in [6, 6.07) is 0. The fourth-order valence-corrected chi connectivity index (χ4v) is 5.86. The van der Waals surface area contributed by atoms with Crippen LogP contribution < -0.4 is 0 Å². The summed E-state index contributed by atoms with van der Waals surface area (Å²) >= 11 is 0. The third-order valence-corrected chi connectivity index (χ3v) is 9.03. The van der Waals surface area contributed by atoms with Crippen LogP contribution in [-0.2, 0) is 27.9 Å². The zero-order valence-corrected chi connectivity index (χ0v) is 32.1. The lowest BCUT2D eigenvalue weighted by Gasteiger charge is -2.20. The molecule has 0 aromatic heterocycles. The van der Waals surface area contributed by atoms with Gasteiger partial charge in [-0.25, -0.2) is 4.57 Å². The van der Waals surface area contributed by atoms with Gasteiger partial charge in [0.25, 0.3) is 0 Å². The van der Waals surface area contributed by atoms with E-state index in [0.29, 0.717) is 6.61 Å². The van der Waals surface area contributed by atoms with Crippen molar-refractivity contribution in [2.75, 3.05) is 33.0 Å². The maximum atomic E-state index is 12.5. The van der Waals surface area contributed by atoms with Crippen molar-refractivity contribution in [3.8, 4) is 0 Å². The van der Waals surface area contributed by atoms with Crippen LogP contribution in [0.25, 0.3) is 0 Å². The topological polar surface area (TPSA) is 132 Å². The first-order chi connectivity index (χ1) is 23.8. The average molecular weight is 717 g/mol. The van der Waals surface area contributed by atoms with Gasteiger partial charge >= 0.3 is 13.8 Å². The largest absolute Gasteiger partial charge is 0.472 e. The zero-order chi connectivity index (χ0) is 36.1. The molecule has 3 unspecified atom stereocenters. The number of hydrogen-bond donors (Lipinski definition) is 3. The lowest BCUT2D eigenvalue weighted by molar-refractivity contribution is -0.154. The Kier molecular flexibility index (Phi) is 35.5. The monoisotopic (exact) mass is 716 g/mol. The van der Waals surface area contributed by atoms with Crippen LogP contribution in [0.5, 0.6) is 0 Å². The van der Waals surface area contributed by atoms with Crippen LogP contribution in [0.3, 0.4) is 0 Å². The van der Waals surface area contributed by atoms with Gasteiger partial charge in [-0.15, -0.1) is 0 Å². The zero-order valence-electron chi connectivity index (χ0n) is 31.2. The Hall–Kier alpha value is -1.32. The number of aliphatic hydroxyl groups is 2. The van der Waals surface area contributed by atoms with Crippen LogP contribution in [0.1, 0.15) is 162 Å². The van der Waals surface area contributed by atoms with Gasteiger partial charge in [-0.1, -0.05) is 140 Å². The number of ether oxygens (including phenoxy) is 2. The predicted molar refractivity (Wildman–Crippen MR) is 200 cm³/mol. The molecule has 0 aromatic rings. The van der Waals surface area contributed by atoms with Gasteiger partial charge in [0.05, 0.1) is 26.4 Å². The van der Waals surface area contributed by atoms with Crippen LogP contribution in [-0.4, -0.2) is 66.3 Å². The highest BCUT2D eigenvalue weighted by Gasteiger charge is 2.26. The van der Waals surface area contributed by atoms with Crippen LogP contribution >= 0.6 is 7.82 Å². The minimum atomic E-state index is -4.51. The van der Waals surface area contributed by atoms with E-state index in [1.165, 1.54) is 83.5 Å². The SMILES string of the molecule is CCCCC/C=C\C/C=C\C/C=C\CCCCCCCCCOCC(COP(=O)(O)OCC(O)CO)OC(=O)CCCCCCCCCC. The molecule has 0 aliphatic carbocycles. The molecular weight excluding hydrogens is 643 g/mol. The number of phosphoric ester groups is 1. The van der Waals surface area contributed by atoms with E-state index in [-0.39, 0.29) is 19.6 Å². The highest BCUT2D eigenvalue weighted by Crippen LogP contribution is 2.43. The quantitative estimate of drug-likeness (QED) is 0.0249. The van der Waals surface area contributed by atoms with Crippen molar-refractivity contribution >= 4 is 13.8 Å². The van der Waals surface area contributed by atoms with E-state index in [1.54, 1.807) is 0 Å². The van der Waals surface area contributed by atoms with Crippen molar-refractivity contribution < 1.29 is 43.0 Å². The van der Waals surface area contributed by atoms with Crippen LogP contribution in [0.4, 0.5) is 0 Å². The molecule has 0 saturated carbocycles. The van der Waals surface area contributed by atoms with Gasteiger partial charge in [0.1, 0.15) is 12.2 Å². The molecule has 0 spiro atoms. The van der Waals surface area contributed by atoms with E-state index in [0.717, 1.165) is 57.8 Å². The molecule has 0 aromatic carbocycles. The molecule has 0 rings (SSSR count). The van der Waals surface area contributed by atoms with Gasteiger partial charge in [0.2, 0.25) is 0 Å². The highest BCUT2D eigenvalue weighted by molar-refractivity contribution is 7.47. The molecule has 0 fully saturated rings. The summed E-state index contributed by atoms with van der Waals surface area (Å²) in [5, 5.41) is 18.3. The number of phosphoric acid groups is 1. The van der Waals surface area contributed by atoms with Gasteiger partial charge in [-0.3, -0.25) is 13.8 Å². The molecule has 0 saturated heterocycles. The minimum Gasteiger partial charge on any atom is -0.457 e. The van der Waals surface area contributed by atoms with E-state index in [9.17, 15) is 19.4 Å². The van der Waals surface area contributed by atoms with E-state index < -0.39 is 39.2 Å². The molecule has 0 amide bonds. The smallest absolute Gasteiger partial charge is 0.457 e. The van der Waals surface area contributed by atoms with Crippen molar-refractivity contribution in [2.24, 2.45) is 0 Å². The minimum absolute atomic E-state index is 0.0436. The summed E-state index contributed by atoms with van der Waals surface area (Å²) in [5.74, 6) is -0.392. The van der Waals surface area contributed by atoms with E-state index in [1.807, 2.05) is 0 Å². The number of hydrogen-bond acceptors (Lipinski definition) is 8. The molecule has 3 atom stereocenters. The van der Waals surface area contributed by atoms with Crippen molar-refractivity contribution in [1.29, 1.82) is 0 Å². The number of aliphatic hydroxyl groups excluding tert-OH is 2. The molecule has 3 N–H and O–H groups in total. The Balaban J connectivity index is 4.13. The average Bonchev–Trinajstić information content (AvgIpc) is 3.09. The lowest BCUT2D eigenvalue weighted by Crippen LogP contribution is -2.29. The van der Waals surface area contributed by atoms with E-state index in [4.69, 9.17) is 23.6 Å². The Labute approximate surface area is 299 Å². The first-order valence-corrected chi connectivity index (χ1v) is 21.0. The Bertz CT molecular complexity index is 861. The fraction of sp³-hybridized carbons (Fsp3) is 0.821. The number of carbonyl (C=O) groups is 1. The second-order valence-corrected chi connectivity index (χ2v) is 14.4. The van der Waals surface area contributed by atoms with Crippen molar-refractivity contribution in [1.82, 2.24) is 0 Å². The first kappa shape index (κ1) is 47.7. The maximum absolute atomic E-state index is 12.5. The molecule has 0 radical (unpaired) electrons. The van der Waals surface area contributed by atoms with Gasteiger partial charge in [0.15, 0.2) is 0 Å². The summed E-state index contributed by atoms with van der Waals surface area (Å²) in [6.07, 6.45) is 36.8. The van der Waals surface area contributed by atoms with Crippen LogP contribution in [0.2, 0.25) is 0 Å². The number of rotatable bonds is 37. The molecule has 9 nitrogen and oxygen atoms in total. The third-order valence-electron chi connectivity index (χ3n) is 8.08. The summed E-state index contributed by atoms with van der Waals surface area (Å²) in [5.41, 5.74) is 0. The molecule has 10 heteroatoms. The second kappa shape index (κ2) is 36.5.